The third kappa shape index (κ3) is 2.99. The van der Waals surface area contributed by atoms with Crippen LogP contribution >= 0.6 is 0 Å². The van der Waals surface area contributed by atoms with E-state index >= 15 is 0 Å². The first-order valence-electron chi connectivity index (χ1n) is 10.7. The summed E-state index contributed by atoms with van der Waals surface area (Å²) in [4.78, 5) is 37.5. The van der Waals surface area contributed by atoms with E-state index in [-0.39, 0.29) is 23.4 Å². The van der Waals surface area contributed by atoms with E-state index in [1.54, 1.807) is 50.4 Å². The number of aromatic nitrogens is 3. The average Bonchev–Trinajstić information content (AvgIpc) is 3.17. The lowest BCUT2D eigenvalue weighted by atomic mass is 10.0. The van der Waals surface area contributed by atoms with Gasteiger partial charge in [0.2, 0.25) is 0 Å². The fraction of sp³-hybridized carbons (Fsp3) is 0.250. The van der Waals surface area contributed by atoms with Crippen LogP contribution in [0.3, 0.4) is 0 Å². The number of nitro benzene ring substituents is 1. The molecule has 10 heteroatoms. The minimum Gasteiger partial charge on any atom is -0.508 e. The van der Waals surface area contributed by atoms with E-state index in [1.807, 2.05) is 4.57 Å². The molecule has 0 fully saturated rings. The van der Waals surface area contributed by atoms with Crippen molar-refractivity contribution in [1.82, 2.24) is 13.7 Å². The Morgan fingerprint density at radius 2 is 1.85 bits per heavy atom. The molecule has 10 nitrogen and oxygen atoms in total. The summed E-state index contributed by atoms with van der Waals surface area (Å²) in [6.45, 7) is 2.29. The average molecular weight is 462 g/mol. The number of para-hydroxylation sites is 1. The van der Waals surface area contributed by atoms with Gasteiger partial charge in [-0.1, -0.05) is 30.3 Å². The lowest BCUT2D eigenvalue weighted by Gasteiger charge is -2.28. The van der Waals surface area contributed by atoms with Crippen LogP contribution in [-0.2, 0) is 25.4 Å². The number of phenols is 1. The number of hydrogen-bond donors (Lipinski definition) is 1. The molecule has 0 saturated carbocycles. The third-order valence-electron chi connectivity index (χ3n) is 6.45. The fourth-order valence-corrected chi connectivity index (χ4v) is 4.78. The Labute approximate surface area is 193 Å². The van der Waals surface area contributed by atoms with Gasteiger partial charge in [0.25, 0.3) is 11.2 Å². The molecule has 3 heterocycles. The molecule has 5 rings (SSSR count). The Kier molecular flexibility index (Phi) is 4.90. The largest absolute Gasteiger partial charge is 0.508 e. The van der Waals surface area contributed by atoms with Gasteiger partial charge in [-0.25, -0.2) is 4.79 Å². The van der Waals surface area contributed by atoms with Gasteiger partial charge in [0.1, 0.15) is 11.9 Å². The molecule has 0 saturated heterocycles. The van der Waals surface area contributed by atoms with Crippen LogP contribution in [0.5, 0.6) is 5.75 Å². The second kappa shape index (κ2) is 7.70. The maximum atomic E-state index is 13.4. The smallest absolute Gasteiger partial charge is 0.331 e. The number of benzene rings is 2. The van der Waals surface area contributed by atoms with Gasteiger partial charge in [0.05, 0.1) is 33.8 Å². The minimum atomic E-state index is -0.746. The van der Waals surface area contributed by atoms with Crippen LogP contribution in [0.25, 0.3) is 22.2 Å². The van der Waals surface area contributed by atoms with Crippen molar-refractivity contribution in [2.24, 2.45) is 14.1 Å². The number of ether oxygens (including phenoxy) is 1. The van der Waals surface area contributed by atoms with Gasteiger partial charge in [-0.2, -0.15) is 0 Å². The van der Waals surface area contributed by atoms with E-state index in [2.05, 4.69) is 0 Å². The van der Waals surface area contributed by atoms with E-state index in [0.717, 1.165) is 4.57 Å². The predicted molar refractivity (Wildman–Crippen MR) is 125 cm³/mol. The molecule has 174 valence electrons. The summed E-state index contributed by atoms with van der Waals surface area (Å²) < 4.78 is 10.3. The van der Waals surface area contributed by atoms with Crippen LogP contribution in [0.15, 0.2) is 52.1 Å². The number of phenolic OH excluding ortho intramolecular Hbond substituents is 1. The molecule has 0 radical (unpaired) electrons. The van der Waals surface area contributed by atoms with Crippen LogP contribution in [0.1, 0.15) is 22.9 Å². The van der Waals surface area contributed by atoms with Gasteiger partial charge < -0.3 is 14.4 Å². The van der Waals surface area contributed by atoms with Crippen molar-refractivity contribution in [3.63, 3.8) is 0 Å². The number of nitro groups is 1. The number of rotatable bonds is 3. The Morgan fingerprint density at radius 1 is 1.12 bits per heavy atom. The first-order chi connectivity index (χ1) is 16.2. The van der Waals surface area contributed by atoms with Crippen molar-refractivity contribution in [3.05, 3.63) is 90.2 Å². The standard InChI is InChI=1S/C24H22N4O6/c1-13-8-9-14(12-16(13)28(32)33)19-18-20(25(2)24(31)26(3)23(18)30)21-22(34-11-10-27(19)21)15-6-4-5-7-17(15)29/h4-9,12,22,29H,10-11H2,1-3H3. The SMILES string of the molecule is Cc1ccc(-c2c3c(=O)n(C)c(=O)n(C)c3c3n2CCOC3c2ccccc2O)cc1[N+](=O)[O-]. The van der Waals surface area contributed by atoms with E-state index < -0.39 is 22.3 Å². The van der Waals surface area contributed by atoms with Crippen molar-refractivity contribution in [2.75, 3.05) is 6.61 Å². The van der Waals surface area contributed by atoms with Gasteiger partial charge in [-0.15, -0.1) is 0 Å². The summed E-state index contributed by atoms with van der Waals surface area (Å²) in [5, 5.41) is 22.4. The second-order valence-electron chi connectivity index (χ2n) is 8.38. The first kappa shape index (κ1) is 21.7. The van der Waals surface area contributed by atoms with Crippen LogP contribution in [0, 0.1) is 17.0 Å². The number of hydrogen-bond acceptors (Lipinski definition) is 6. The Balaban J connectivity index is 1.96. The molecule has 4 aromatic rings. The van der Waals surface area contributed by atoms with Crippen LogP contribution in [0.4, 0.5) is 5.69 Å². The molecule has 34 heavy (non-hydrogen) atoms. The van der Waals surface area contributed by atoms with Crippen LogP contribution in [-0.4, -0.2) is 30.3 Å². The molecule has 1 N–H and O–H groups in total. The van der Waals surface area contributed by atoms with E-state index in [1.165, 1.54) is 17.7 Å². The molecule has 1 aliphatic rings. The molecule has 1 aliphatic heterocycles. The van der Waals surface area contributed by atoms with Crippen molar-refractivity contribution in [2.45, 2.75) is 19.6 Å². The predicted octanol–water partition coefficient (Wildman–Crippen LogP) is 2.75. The number of nitrogens with zero attached hydrogens (tertiary/aromatic N) is 4. The highest BCUT2D eigenvalue weighted by Gasteiger charge is 2.34. The summed E-state index contributed by atoms with van der Waals surface area (Å²) in [5.74, 6) is 0.0247. The molecule has 0 aliphatic carbocycles. The summed E-state index contributed by atoms with van der Waals surface area (Å²) >= 11 is 0. The molecule has 1 unspecified atom stereocenters. The highest BCUT2D eigenvalue weighted by atomic mass is 16.6. The van der Waals surface area contributed by atoms with Crippen molar-refractivity contribution >= 4 is 16.6 Å². The summed E-state index contributed by atoms with van der Waals surface area (Å²) in [6, 6.07) is 11.6. The monoisotopic (exact) mass is 462 g/mol. The van der Waals surface area contributed by atoms with Crippen molar-refractivity contribution in [1.29, 1.82) is 0 Å². The van der Waals surface area contributed by atoms with Gasteiger partial charge in [0.15, 0.2) is 0 Å². The lowest BCUT2D eigenvalue weighted by Crippen LogP contribution is -2.37. The van der Waals surface area contributed by atoms with E-state index in [0.29, 0.717) is 40.1 Å². The highest BCUT2D eigenvalue weighted by Crippen LogP contribution is 2.43. The molecule has 1 atom stereocenters. The topological polar surface area (TPSA) is 122 Å². The summed E-state index contributed by atoms with van der Waals surface area (Å²) in [6.07, 6.45) is -0.746. The summed E-state index contributed by atoms with van der Waals surface area (Å²) in [7, 11) is 2.97. The molecule has 0 amide bonds. The number of fused-ring (bicyclic) bond motifs is 3. The molecular weight excluding hydrogens is 440 g/mol. The molecule has 0 bridgehead atoms. The molecular formula is C24H22N4O6. The van der Waals surface area contributed by atoms with Gasteiger partial charge in [-0.3, -0.25) is 24.0 Å². The Bertz CT molecular complexity index is 1610. The van der Waals surface area contributed by atoms with Gasteiger partial charge >= 0.3 is 5.69 Å². The van der Waals surface area contributed by atoms with Crippen LogP contribution in [0.2, 0.25) is 0 Å². The first-order valence-corrected chi connectivity index (χ1v) is 10.7. The van der Waals surface area contributed by atoms with Crippen LogP contribution < -0.4 is 11.2 Å². The number of aromatic hydroxyl groups is 1. The fourth-order valence-electron chi connectivity index (χ4n) is 4.78. The van der Waals surface area contributed by atoms with Gasteiger partial charge in [0, 0.05) is 43.4 Å². The zero-order chi connectivity index (χ0) is 24.3. The maximum absolute atomic E-state index is 13.4. The maximum Gasteiger partial charge on any atom is 0.331 e. The minimum absolute atomic E-state index is 0.0247. The zero-order valence-corrected chi connectivity index (χ0v) is 18.8. The third-order valence-corrected chi connectivity index (χ3v) is 6.45. The Morgan fingerprint density at radius 3 is 2.56 bits per heavy atom. The number of aryl methyl sites for hydroxylation is 2. The van der Waals surface area contributed by atoms with Gasteiger partial charge in [-0.05, 0) is 13.0 Å². The quantitative estimate of drug-likeness (QED) is 0.369. The summed E-state index contributed by atoms with van der Waals surface area (Å²) in [5.41, 5.74) is 1.81. The highest BCUT2D eigenvalue weighted by molar-refractivity contribution is 5.97. The molecule has 0 spiro atoms. The normalized spacial score (nSPS) is 15.4. The van der Waals surface area contributed by atoms with Crippen molar-refractivity contribution in [3.8, 4) is 17.0 Å². The lowest BCUT2D eigenvalue weighted by molar-refractivity contribution is -0.385. The second-order valence-corrected chi connectivity index (χ2v) is 8.38. The molecule has 2 aromatic heterocycles. The van der Waals surface area contributed by atoms with E-state index in [9.17, 15) is 24.8 Å². The molecule has 2 aromatic carbocycles. The van der Waals surface area contributed by atoms with E-state index in [4.69, 9.17) is 4.74 Å². The van der Waals surface area contributed by atoms with Crippen molar-refractivity contribution < 1.29 is 14.8 Å². The Hall–Kier alpha value is -4.18. The zero-order valence-electron chi connectivity index (χ0n) is 18.8.